The normalized spacial score (nSPS) is 20.2. The molecule has 1 N–H and O–H groups in total. The van der Waals surface area contributed by atoms with Crippen LogP contribution in [0, 0.1) is 0 Å². The lowest BCUT2D eigenvalue weighted by atomic mass is 9.72. The first kappa shape index (κ1) is 20.8. The van der Waals surface area contributed by atoms with Gasteiger partial charge >= 0.3 is 0 Å². The molecule has 4 rings (SSSR count). The lowest BCUT2D eigenvalue weighted by Crippen LogP contribution is -2.55. The van der Waals surface area contributed by atoms with Gasteiger partial charge in [0.2, 0.25) is 5.91 Å². The minimum absolute atomic E-state index is 0.00472. The highest BCUT2D eigenvalue weighted by molar-refractivity contribution is 7.91. The number of carbonyl (C=O) groups excluding carboxylic acids is 1. The van der Waals surface area contributed by atoms with Crippen molar-refractivity contribution in [2.75, 3.05) is 32.7 Å². The second-order valence-corrected chi connectivity index (χ2v) is 11.5. The third kappa shape index (κ3) is 4.36. The van der Waals surface area contributed by atoms with E-state index in [0.29, 0.717) is 30.5 Å². The van der Waals surface area contributed by atoms with Crippen molar-refractivity contribution in [1.29, 1.82) is 0 Å². The van der Waals surface area contributed by atoms with Gasteiger partial charge in [-0.05, 0) is 37.0 Å². The predicted molar refractivity (Wildman–Crippen MR) is 115 cm³/mol. The van der Waals surface area contributed by atoms with Gasteiger partial charge in [0, 0.05) is 26.2 Å². The number of hydrogen-bond acceptors (Lipinski definition) is 5. The molecule has 0 unspecified atom stereocenters. The van der Waals surface area contributed by atoms with Crippen LogP contribution in [-0.4, -0.2) is 56.3 Å². The molecule has 2 aromatic rings. The average Bonchev–Trinajstić information content (AvgIpc) is 3.13. The van der Waals surface area contributed by atoms with Crippen LogP contribution in [0.5, 0.6) is 0 Å². The Morgan fingerprint density at radius 1 is 1.07 bits per heavy atom. The lowest BCUT2D eigenvalue weighted by Gasteiger charge is -2.43. The second-order valence-electron chi connectivity index (χ2n) is 7.59. The quantitative estimate of drug-likeness (QED) is 0.730. The number of nitrogens with zero attached hydrogens (tertiary/aromatic N) is 2. The molecule has 1 aromatic carbocycles. The van der Waals surface area contributed by atoms with Crippen molar-refractivity contribution >= 4 is 38.9 Å². The van der Waals surface area contributed by atoms with Gasteiger partial charge in [0.1, 0.15) is 4.21 Å². The van der Waals surface area contributed by atoms with E-state index in [4.69, 9.17) is 11.6 Å². The summed E-state index contributed by atoms with van der Waals surface area (Å²) in [7, 11) is -3.51. The molecule has 1 amide bonds. The van der Waals surface area contributed by atoms with E-state index in [-0.39, 0.29) is 22.2 Å². The van der Waals surface area contributed by atoms with Gasteiger partial charge in [0.05, 0.1) is 16.4 Å². The first-order valence-corrected chi connectivity index (χ1v) is 12.4. The third-order valence-corrected chi connectivity index (χ3v) is 9.35. The number of halogens is 1. The van der Waals surface area contributed by atoms with Gasteiger partial charge in [-0.15, -0.1) is 11.3 Å². The number of amides is 1. The number of carbonyl (C=O) groups is 1. The van der Waals surface area contributed by atoms with Gasteiger partial charge in [-0.2, -0.15) is 4.31 Å². The van der Waals surface area contributed by atoms with Crippen LogP contribution in [0.25, 0.3) is 0 Å². The first-order valence-electron chi connectivity index (χ1n) is 9.73. The van der Waals surface area contributed by atoms with Gasteiger partial charge in [0.15, 0.2) is 0 Å². The second kappa shape index (κ2) is 8.35. The number of rotatable bonds is 6. The Kier molecular flexibility index (Phi) is 5.99. The Labute approximate surface area is 180 Å². The largest absolute Gasteiger partial charge is 0.345 e. The van der Waals surface area contributed by atoms with Crippen molar-refractivity contribution in [1.82, 2.24) is 14.5 Å². The van der Waals surface area contributed by atoms with E-state index in [9.17, 15) is 13.2 Å². The predicted octanol–water partition coefficient (Wildman–Crippen LogP) is 2.90. The van der Waals surface area contributed by atoms with Crippen molar-refractivity contribution in [3.8, 4) is 0 Å². The summed E-state index contributed by atoms with van der Waals surface area (Å²) in [5, 5.41) is 3.24. The summed E-state index contributed by atoms with van der Waals surface area (Å²) in [6.45, 7) is 2.09. The number of piperazine rings is 1. The molecule has 1 aliphatic carbocycles. The fourth-order valence-electron chi connectivity index (χ4n) is 3.97. The molecule has 2 aliphatic rings. The molecule has 0 radical (unpaired) electrons. The Morgan fingerprint density at radius 2 is 1.76 bits per heavy atom. The van der Waals surface area contributed by atoms with Crippen molar-refractivity contribution < 1.29 is 13.2 Å². The van der Waals surface area contributed by atoms with Crippen molar-refractivity contribution in [3.63, 3.8) is 0 Å². The van der Waals surface area contributed by atoms with Crippen LogP contribution in [0.3, 0.4) is 0 Å². The van der Waals surface area contributed by atoms with Crippen LogP contribution < -0.4 is 5.32 Å². The molecule has 1 aromatic heterocycles. The van der Waals surface area contributed by atoms with Gasteiger partial charge in [-0.25, -0.2) is 8.42 Å². The summed E-state index contributed by atoms with van der Waals surface area (Å²) in [4.78, 5) is 14.7. The molecular weight excluding hydrogens is 430 g/mol. The Balaban J connectivity index is 1.32. The molecule has 0 atom stereocenters. The van der Waals surface area contributed by atoms with E-state index in [2.05, 4.69) is 17.4 Å². The zero-order valence-corrected chi connectivity index (χ0v) is 18.4. The molecule has 29 heavy (non-hydrogen) atoms. The summed E-state index contributed by atoms with van der Waals surface area (Å²) in [6.07, 6.45) is 3.02. The summed E-state index contributed by atoms with van der Waals surface area (Å²) in [5.74, 6) is -0.00472. The van der Waals surface area contributed by atoms with E-state index < -0.39 is 10.0 Å². The van der Waals surface area contributed by atoms with Crippen LogP contribution in [0.1, 0.15) is 24.8 Å². The molecule has 6 nitrogen and oxygen atoms in total. The molecule has 0 spiro atoms. The molecule has 9 heteroatoms. The molecule has 2 heterocycles. The minimum atomic E-state index is -3.51. The smallest absolute Gasteiger partial charge is 0.252 e. The van der Waals surface area contributed by atoms with Crippen LogP contribution >= 0.6 is 22.9 Å². The third-order valence-electron chi connectivity index (χ3n) is 5.75. The van der Waals surface area contributed by atoms with Crippen LogP contribution in [0.2, 0.25) is 4.34 Å². The zero-order valence-electron chi connectivity index (χ0n) is 16.0. The van der Waals surface area contributed by atoms with Gasteiger partial charge in [-0.1, -0.05) is 41.9 Å². The van der Waals surface area contributed by atoms with E-state index in [0.717, 1.165) is 36.2 Å². The highest BCUT2D eigenvalue weighted by Gasteiger charge is 2.40. The van der Waals surface area contributed by atoms with Crippen LogP contribution in [0.15, 0.2) is 46.7 Å². The summed E-state index contributed by atoms with van der Waals surface area (Å²) in [6, 6.07) is 13.3. The maximum Gasteiger partial charge on any atom is 0.252 e. The Morgan fingerprint density at radius 3 is 2.31 bits per heavy atom. The maximum absolute atomic E-state index is 12.7. The van der Waals surface area contributed by atoms with Gasteiger partial charge in [-0.3, -0.25) is 9.69 Å². The molecule has 2 fully saturated rings. The fourth-order valence-corrected chi connectivity index (χ4v) is 7.03. The van der Waals surface area contributed by atoms with E-state index in [1.807, 2.05) is 23.1 Å². The van der Waals surface area contributed by atoms with E-state index >= 15 is 0 Å². The highest BCUT2D eigenvalue weighted by atomic mass is 35.5. The Hall–Kier alpha value is -1.45. The number of thiophene rings is 1. The summed E-state index contributed by atoms with van der Waals surface area (Å²) < 4.78 is 27.6. The molecule has 0 bridgehead atoms. The van der Waals surface area contributed by atoms with Crippen molar-refractivity contribution in [2.24, 2.45) is 0 Å². The van der Waals surface area contributed by atoms with Crippen molar-refractivity contribution in [3.05, 3.63) is 52.4 Å². The minimum Gasteiger partial charge on any atom is -0.345 e. The Bertz CT molecular complexity index is 966. The number of sulfonamides is 1. The molecular formula is C20H24ClN3O3S2. The van der Waals surface area contributed by atoms with E-state index in [1.54, 1.807) is 12.1 Å². The highest BCUT2D eigenvalue weighted by Crippen LogP contribution is 2.41. The summed E-state index contributed by atoms with van der Waals surface area (Å²) >= 11 is 6.95. The van der Waals surface area contributed by atoms with Crippen LogP contribution in [0.4, 0.5) is 0 Å². The fraction of sp³-hybridized carbons (Fsp3) is 0.450. The molecule has 1 saturated carbocycles. The standard InChI is InChI=1S/C20H24ClN3O3S2/c21-17-7-8-19(28-17)29(26,27)24-13-11-23(12-14-24)15-18(25)22-20(9-4-10-20)16-5-2-1-3-6-16/h1-3,5-8H,4,9-15H2,(H,22,25). The number of hydrogen-bond donors (Lipinski definition) is 1. The first-order chi connectivity index (χ1) is 13.9. The molecule has 156 valence electrons. The molecule has 1 saturated heterocycles. The monoisotopic (exact) mass is 453 g/mol. The topological polar surface area (TPSA) is 69.7 Å². The van der Waals surface area contributed by atoms with E-state index in [1.165, 1.54) is 4.31 Å². The number of nitrogens with one attached hydrogen (secondary N) is 1. The van der Waals surface area contributed by atoms with Gasteiger partial charge in [0.25, 0.3) is 10.0 Å². The SMILES string of the molecule is O=C(CN1CCN(S(=O)(=O)c2ccc(Cl)s2)CC1)NC1(c2ccccc2)CCC1. The molecule has 1 aliphatic heterocycles. The maximum atomic E-state index is 12.7. The van der Waals surface area contributed by atoms with Gasteiger partial charge < -0.3 is 5.32 Å². The summed E-state index contributed by atoms with van der Waals surface area (Å²) in [5.41, 5.74) is 0.909. The number of benzene rings is 1. The average molecular weight is 454 g/mol. The lowest BCUT2D eigenvalue weighted by molar-refractivity contribution is -0.125. The zero-order chi connectivity index (χ0) is 20.5. The van der Waals surface area contributed by atoms with Crippen molar-refractivity contribution in [2.45, 2.75) is 29.0 Å². The van der Waals surface area contributed by atoms with Crippen LogP contribution in [-0.2, 0) is 20.4 Å².